The lowest BCUT2D eigenvalue weighted by Crippen LogP contribution is -1.98. The summed E-state index contributed by atoms with van der Waals surface area (Å²) in [5, 5.41) is 11.2. The zero-order valence-electron chi connectivity index (χ0n) is 10.7. The molecule has 1 aromatic carbocycles. The SMILES string of the molecule is CNc1cc(Sc2ncn[nH]2)nc(-c2ccccc2)n1. The molecule has 2 N–H and O–H groups in total. The summed E-state index contributed by atoms with van der Waals surface area (Å²) >= 11 is 1.41. The molecule has 0 fully saturated rings. The number of aromatic nitrogens is 5. The second-order valence-electron chi connectivity index (χ2n) is 3.92. The van der Waals surface area contributed by atoms with Gasteiger partial charge in [-0.05, 0) is 11.8 Å². The highest BCUT2D eigenvalue weighted by atomic mass is 32.2. The molecule has 6 nitrogen and oxygen atoms in total. The predicted molar refractivity (Wildman–Crippen MR) is 77.5 cm³/mol. The Bertz CT molecular complexity index is 683. The number of hydrogen-bond donors (Lipinski definition) is 2. The van der Waals surface area contributed by atoms with Crippen LogP contribution in [0.1, 0.15) is 0 Å². The number of nitrogens with zero attached hydrogens (tertiary/aromatic N) is 4. The first kappa shape index (κ1) is 12.6. The summed E-state index contributed by atoms with van der Waals surface area (Å²) in [5.41, 5.74) is 0.976. The quantitative estimate of drug-likeness (QED) is 0.716. The van der Waals surface area contributed by atoms with Crippen LogP contribution in [-0.4, -0.2) is 32.2 Å². The van der Waals surface area contributed by atoms with Crippen LogP contribution >= 0.6 is 11.8 Å². The Morgan fingerprint density at radius 2 is 2.00 bits per heavy atom. The molecule has 2 heterocycles. The van der Waals surface area contributed by atoms with Gasteiger partial charge in [-0.15, -0.1) is 0 Å². The third-order valence-electron chi connectivity index (χ3n) is 2.58. The third kappa shape index (κ3) is 2.77. The first-order valence-electron chi connectivity index (χ1n) is 6.00. The van der Waals surface area contributed by atoms with E-state index in [-0.39, 0.29) is 0 Å². The van der Waals surface area contributed by atoms with Crippen LogP contribution in [0.15, 0.2) is 52.9 Å². The van der Waals surface area contributed by atoms with Crippen molar-refractivity contribution >= 4 is 17.6 Å². The largest absolute Gasteiger partial charge is 0.373 e. The van der Waals surface area contributed by atoms with Crippen molar-refractivity contribution in [3.63, 3.8) is 0 Å². The van der Waals surface area contributed by atoms with Gasteiger partial charge in [-0.25, -0.2) is 15.0 Å². The van der Waals surface area contributed by atoms with E-state index in [4.69, 9.17) is 0 Å². The number of rotatable bonds is 4. The molecule has 0 saturated heterocycles. The van der Waals surface area contributed by atoms with Gasteiger partial charge in [0.05, 0.1) is 0 Å². The molecule has 0 bridgehead atoms. The Labute approximate surface area is 120 Å². The van der Waals surface area contributed by atoms with E-state index in [1.807, 2.05) is 43.4 Å². The summed E-state index contributed by atoms with van der Waals surface area (Å²) in [6.07, 6.45) is 1.47. The van der Waals surface area contributed by atoms with E-state index >= 15 is 0 Å². The van der Waals surface area contributed by atoms with Crippen molar-refractivity contribution in [3.8, 4) is 11.4 Å². The van der Waals surface area contributed by atoms with Crippen molar-refractivity contribution in [2.24, 2.45) is 0 Å². The van der Waals surface area contributed by atoms with Crippen molar-refractivity contribution in [2.45, 2.75) is 10.2 Å². The number of H-pyrrole nitrogens is 1. The van der Waals surface area contributed by atoms with Gasteiger partial charge >= 0.3 is 0 Å². The number of anilines is 1. The average Bonchev–Trinajstić information content (AvgIpc) is 3.00. The molecule has 0 spiro atoms. The van der Waals surface area contributed by atoms with Gasteiger partial charge in [0.15, 0.2) is 11.0 Å². The van der Waals surface area contributed by atoms with Crippen molar-refractivity contribution < 1.29 is 0 Å². The molecular formula is C13H12N6S. The molecule has 100 valence electrons. The molecule has 0 amide bonds. The van der Waals surface area contributed by atoms with E-state index < -0.39 is 0 Å². The minimum absolute atomic E-state index is 0.680. The zero-order chi connectivity index (χ0) is 13.8. The van der Waals surface area contributed by atoms with Crippen molar-refractivity contribution in [2.75, 3.05) is 12.4 Å². The average molecular weight is 284 g/mol. The maximum absolute atomic E-state index is 4.55. The van der Waals surface area contributed by atoms with Crippen LogP contribution in [0, 0.1) is 0 Å². The second-order valence-corrected chi connectivity index (χ2v) is 4.93. The molecular weight excluding hydrogens is 272 g/mol. The molecule has 0 aliphatic carbocycles. The van der Waals surface area contributed by atoms with Gasteiger partial charge in [0.1, 0.15) is 17.2 Å². The Hall–Kier alpha value is -2.41. The summed E-state index contributed by atoms with van der Waals surface area (Å²) in [5.74, 6) is 1.44. The highest BCUT2D eigenvalue weighted by Gasteiger charge is 2.08. The van der Waals surface area contributed by atoms with Crippen molar-refractivity contribution in [1.29, 1.82) is 0 Å². The van der Waals surface area contributed by atoms with E-state index in [2.05, 4.69) is 30.5 Å². The third-order valence-corrected chi connectivity index (χ3v) is 3.39. The molecule has 0 saturated carbocycles. The molecule has 0 unspecified atom stereocenters. The standard InChI is InChI=1S/C13H12N6S/c1-14-10-7-11(20-13-15-8-16-19-13)18-12(17-10)9-5-3-2-4-6-9/h2-8H,1H3,(H,14,17,18)(H,15,16,19). The van der Waals surface area contributed by atoms with E-state index in [1.165, 1.54) is 18.1 Å². The zero-order valence-corrected chi connectivity index (χ0v) is 11.6. The lowest BCUT2D eigenvalue weighted by Gasteiger charge is -2.06. The molecule has 3 rings (SSSR count). The van der Waals surface area contributed by atoms with E-state index in [0.717, 1.165) is 16.4 Å². The Kier molecular flexibility index (Phi) is 3.60. The Balaban J connectivity index is 1.99. The number of aromatic amines is 1. The molecule has 0 atom stereocenters. The first-order valence-corrected chi connectivity index (χ1v) is 6.82. The lowest BCUT2D eigenvalue weighted by molar-refractivity contribution is 0.964. The van der Waals surface area contributed by atoms with Gasteiger partial charge in [-0.3, -0.25) is 5.10 Å². The number of nitrogens with one attached hydrogen (secondary N) is 2. The molecule has 3 aromatic rings. The monoisotopic (exact) mass is 284 g/mol. The van der Waals surface area contributed by atoms with Gasteiger partial charge in [0.25, 0.3) is 0 Å². The summed E-state index contributed by atoms with van der Waals surface area (Å²) in [7, 11) is 1.83. The minimum Gasteiger partial charge on any atom is -0.373 e. The number of benzene rings is 1. The minimum atomic E-state index is 0.680. The predicted octanol–water partition coefficient (Wildman–Crippen LogP) is 2.45. The molecule has 2 aromatic heterocycles. The van der Waals surface area contributed by atoms with Crippen LogP contribution in [-0.2, 0) is 0 Å². The maximum Gasteiger partial charge on any atom is 0.189 e. The van der Waals surface area contributed by atoms with Crippen LogP contribution in [0.4, 0.5) is 5.82 Å². The summed E-state index contributed by atoms with van der Waals surface area (Å²) in [6.45, 7) is 0. The van der Waals surface area contributed by atoms with Crippen LogP contribution in [0.5, 0.6) is 0 Å². The van der Waals surface area contributed by atoms with Gasteiger partial charge in [-0.2, -0.15) is 5.10 Å². The second kappa shape index (κ2) is 5.70. The molecule has 0 radical (unpaired) electrons. The first-order chi connectivity index (χ1) is 9.85. The lowest BCUT2D eigenvalue weighted by atomic mass is 10.2. The summed E-state index contributed by atoms with van der Waals surface area (Å²) in [6, 6.07) is 11.7. The van der Waals surface area contributed by atoms with Crippen LogP contribution in [0.25, 0.3) is 11.4 Å². The normalized spacial score (nSPS) is 10.4. The van der Waals surface area contributed by atoms with Crippen molar-refractivity contribution in [3.05, 3.63) is 42.7 Å². The fourth-order valence-corrected chi connectivity index (χ4v) is 2.36. The fourth-order valence-electron chi connectivity index (χ4n) is 1.66. The Morgan fingerprint density at radius 1 is 1.15 bits per heavy atom. The highest BCUT2D eigenvalue weighted by Crippen LogP contribution is 2.26. The van der Waals surface area contributed by atoms with Crippen LogP contribution < -0.4 is 5.32 Å². The van der Waals surface area contributed by atoms with Crippen molar-refractivity contribution in [1.82, 2.24) is 25.1 Å². The molecule has 0 aliphatic heterocycles. The molecule has 0 aliphatic rings. The fraction of sp³-hybridized carbons (Fsp3) is 0.0769. The topological polar surface area (TPSA) is 79.4 Å². The maximum atomic E-state index is 4.55. The van der Waals surface area contributed by atoms with E-state index in [0.29, 0.717) is 11.0 Å². The smallest absolute Gasteiger partial charge is 0.189 e. The highest BCUT2D eigenvalue weighted by molar-refractivity contribution is 7.99. The summed E-state index contributed by atoms with van der Waals surface area (Å²) < 4.78 is 0. The van der Waals surface area contributed by atoms with E-state index in [1.54, 1.807) is 0 Å². The van der Waals surface area contributed by atoms with Crippen LogP contribution in [0.3, 0.4) is 0 Å². The molecule has 20 heavy (non-hydrogen) atoms. The van der Waals surface area contributed by atoms with E-state index in [9.17, 15) is 0 Å². The molecule has 7 heteroatoms. The van der Waals surface area contributed by atoms with Gasteiger partial charge in [0, 0.05) is 18.7 Å². The van der Waals surface area contributed by atoms with Gasteiger partial charge in [0.2, 0.25) is 0 Å². The van der Waals surface area contributed by atoms with Gasteiger partial charge < -0.3 is 5.32 Å². The van der Waals surface area contributed by atoms with Gasteiger partial charge in [-0.1, -0.05) is 30.3 Å². The Morgan fingerprint density at radius 3 is 2.70 bits per heavy atom. The number of hydrogen-bond acceptors (Lipinski definition) is 6. The van der Waals surface area contributed by atoms with Crippen LogP contribution in [0.2, 0.25) is 0 Å². The summed E-state index contributed by atoms with van der Waals surface area (Å²) in [4.78, 5) is 13.1.